The Bertz CT molecular complexity index is 500. The molecule has 0 aromatic heterocycles. The van der Waals surface area contributed by atoms with E-state index in [2.05, 4.69) is 30.6 Å². The van der Waals surface area contributed by atoms with Gasteiger partial charge in [-0.25, -0.2) is 4.79 Å². The number of carboxylic acid groups (broad SMARTS) is 1. The molecule has 22 heavy (non-hydrogen) atoms. The van der Waals surface area contributed by atoms with Crippen molar-refractivity contribution < 1.29 is 9.90 Å². The van der Waals surface area contributed by atoms with Crippen molar-refractivity contribution in [3.63, 3.8) is 0 Å². The number of nitrogens with zero attached hydrogens (tertiary/aromatic N) is 2. The number of carboxylic acids is 1. The number of aromatic carboxylic acids is 1. The SMILES string of the molecule is CC(C)(C)CCN1CCN(Cc2cccc(C(=O)O)c2)CC1. The summed E-state index contributed by atoms with van der Waals surface area (Å²) in [6.45, 7) is 13.2. The van der Waals surface area contributed by atoms with Gasteiger partial charge in [0.1, 0.15) is 0 Å². The summed E-state index contributed by atoms with van der Waals surface area (Å²) >= 11 is 0. The summed E-state index contributed by atoms with van der Waals surface area (Å²) in [5.74, 6) is -0.853. The Balaban J connectivity index is 1.80. The zero-order valence-electron chi connectivity index (χ0n) is 14.0. The lowest BCUT2D eigenvalue weighted by molar-refractivity contribution is 0.0696. The van der Waals surface area contributed by atoms with Crippen LogP contribution in [0.3, 0.4) is 0 Å². The van der Waals surface area contributed by atoms with E-state index in [0.29, 0.717) is 11.0 Å². The molecule has 4 nitrogen and oxygen atoms in total. The number of hydrogen-bond acceptors (Lipinski definition) is 3. The van der Waals surface area contributed by atoms with E-state index in [1.807, 2.05) is 12.1 Å². The third-order valence-corrected chi connectivity index (χ3v) is 4.22. The van der Waals surface area contributed by atoms with Gasteiger partial charge in [0.25, 0.3) is 0 Å². The molecule has 2 rings (SSSR count). The van der Waals surface area contributed by atoms with Crippen LogP contribution in [-0.4, -0.2) is 53.6 Å². The summed E-state index contributed by atoms with van der Waals surface area (Å²) in [6.07, 6.45) is 1.23. The largest absolute Gasteiger partial charge is 0.478 e. The minimum absolute atomic E-state index is 0.376. The predicted octanol–water partition coefficient (Wildman–Crippen LogP) is 2.94. The van der Waals surface area contributed by atoms with Crippen LogP contribution in [0, 0.1) is 5.41 Å². The Labute approximate surface area is 133 Å². The number of piperazine rings is 1. The molecule has 122 valence electrons. The second-order valence-electron chi connectivity index (χ2n) is 7.43. The quantitative estimate of drug-likeness (QED) is 0.908. The monoisotopic (exact) mass is 304 g/mol. The summed E-state index contributed by atoms with van der Waals surface area (Å²) in [5, 5.41) is 9.05. The average Bonchev–Trinajstić information content (AvgIpc) is 2.46. The van der Waals surface area contributed by atoms with Gasteiger partial charge in [0.15, 0.2) is 0 Å². The van der Waals surface area contributed by atoms with Gasteiger partial charge in [-0.05, 0) is 36.1 Å². The molecule has 1 aromatic rings. The fraction of sp³-hybridized carbons (Fsp3) is 0.611. The molecule has 0 saturated carbocycles. The molecular weight excluding hydrogens is 276 g/mol. The Morgan fingerprint density at radius 1 is 1.14 bits per heavy atom. The van der Waals surface area contributed by atoms with Crippen LogP contribution in [0.4, 0.5) is 0 Å². The Kier molecular flexibility index (Phi) is 5.59. The lowest BCUT2D eigenvalue weighted by Gasteiger charge is -2.36. The second-order valence-corrected chi connectivity index (χ2v) is 7.43. The molecule has 0 unspecified atom stereocenters. The summed E-state index contributed by atoms with van der Waals surface area (Å²) in [4.78, 5) is 16.0. The number of hydrogen-bond donors (Lipinski definition) is 1. The summed E-state index contributed by atoms with van der Waals surface area (Å²) in [6, 6.07) is 7.28. The summed E-state index contributed by atoms with van der Waals surface area (Å²) < 4.78 is 0. The van der Waals surface area contributed by atoms with E-state index in [-0.39, 0.29) is 0 Å². The van der Waals surface area contributed by atoms with Gasteiger partial charge in [-0.2, -0.15) is 0 Å². The number of benzene rings is 1. The molecule has 4 heteroatoms. The highest BCUT2D eigenvalue weighted by Gasteiger charge is 2.19. The molecule has 1 saturated heterocycles. The van der Waals surface area contributed by atoms with Gasteiger partial charge in [0, 0.05) is 32.7 Å². The molecule has 1 N–H and O–H groups in total. The zero-order chi connectivity index (χ0) is 16.2. The topological polar surface area (TPSA) is 43.8 Å². The Morgan fingerprint density at radius 2 is 1.77 bits per heavy atom. The molecule has 0 aliphatic carbocycles. The second kappa shape index (κ2) is 7.25. The van der Waals surface area contributed by atoms with E-state index in [4.69, 9.17) is 5.11 Å². The summed E-state index contributed by atoms with van der Waals surface area (Å²) in [5.41, 5.74) is 1.86. The van der Waals surface area contributed by atoms with E-state index in [9.17, 15) is 4.79 Å². The van der Waals surface area contributed by atoms with E-state index < -0.39 is 5.97 Å². The van der Waals surface area contributed by atoms with Crippen LogP contribution in [0.5, 0.6) is 0 Å². The van der Waals surface area contributed by atoms with Crippen LogP contribution in [0.25, 0.3) is 0 Å². The van der Waals surface area contributed by atoms with E-state index in [0.717, 1.165) is 38.3 Å². The van der Waals surface area contributed by atoms with Gasteiger partial charge < -0.3 is 10.0 Å². The average molecular weight is 304 g/mol. The molecule has 1 aromatic carbocycles. The molecule has 1 fully saturated rings. The van der Waals surface area contributed by atoms with Crippen LogP contribution in [0.15, 0.2) is 24.3 Å². The Hall–Kier alpha value is -1.39. The molecule has 1 aliphatic rings. The number of carbonyl (C=O) groups is 1. The maximum Gasteiger partial charge on any atom is 0.335 e. The zero-order valence-corrected chi connectivity index (χ0v) is 14.0. The molecule has 1 heterocycles. The van der Waals surface area contributed by atoms with E-state index in [1.165, 1.54) is 13.0 Å². The van der Waals surface area contributed by atoms with Gasteiger partial charge >= 0.3 is 5.97 Å². The van der Waals surface area contributed by atoms with Gasteiger partial charge in [-0.15, -0.1) is 0 Å². The lowest BCUT2D eigenvalue weighted by atomic mass is 9.92. The minimum atomic E-state index is -0.853. The van der Waals surface area contributed by atoms with Crippen molar-refractivity contribution in [3.8, 4) is 0 Å². The molecule has 0 radical (unpaired) electrons. The molecule has 0 atom stereocenters. The van der Waals surface area contributed by atoms with Crippen molar-refractivity contribution in [2.24, 2.45) is 5.41 Å². The molecule has 0 amide bonds. The minimum Gasteiger partial charge on any atom is -0.478 e. The molecule has 0 spiro atoms. The first kappa shape index (κ1) is 17.0. The van der Waals surface area contributed by atoms with Crippen LogP contribution >= 0.6 is 0 Å². The first-order valence-corrected chi connectivity index (χ1v) is 8.10. The first-order chi connectivity index (χ1) is 10.3. The first-order valence-electron chi connectivity index (χ1n) is 8.10. The molecule has 0 bridgehead atoms. The smallest absolute Gasteiger partial charge is 0.335 e. The number of rotatable bonds is 5. The normalized spacial score (nSPS) is 17.6. The fourth-order valence-corrected chi connectivity index (χ4v) is 2.73. The van der Waals surface area contributed by atoms with E-state index in [1.54, 1.807) is 12.1 Å². The van der Waals surface area contributed by atoms with Crippen molar-refractivity contribution in [1.29, 1.82) is 0 Å². The van der Waals surface area contributed by atoms with Crippen molar-refractivity contribution in [2.75, 3.05) is 32.7 Å². The maximum absolute atomic E-state index is 11.0. The highest BCUT2D eigenvalue weighted by Crippen LogP contribution is 2.19. The lowest BCUT2D eigenvalue weighted by Crippen LogP contribution is -2.46. The van der Waals surface area contributed by atoms with Crippen molar-refractivity contribution in [2.45, 2.75) is 33.7 Å². The predicted molar refractivity (Wildman–Crippen MR) is 89.2 cm³/mol. The van der Waals surface area contributed by atoms with Crippen LogP contribution < -0.4 is 0 Å². The van der Waals surface area contributed by atoms with E-state index >= 15 is 0 Å². The van der Waals surface area contributed by atoms with Gasteiger partial charge in [-0.3, -0.25) is 4.90 Å². The highest BCUT2D eigenvalue weighted by molar-refractivity contribution is 5.87. The molecular formula is C18H28N2O2. The van der Waals surface area contributed by atoms with Crippen molar-refractivity contribution in [3.05, 3.63) is 35.4 Å². The maximum atomic E-state index is 11.0. The van der Waals surface area contributed by atoms with Crippen LogP contribution in [0.2, 0.25) is 0 Å². The third kappa shape index (κ3) is 5.43. The van der Waals surface area contributed by atoms with Crippen molar-refractivity contribution in [1.82, 2.24) is 9.80 Å². The van der Waals surface area contributed by atoms with Gasteiger partial charge in [0.05, 0.1) is 5.56 Å². The molecule has 1 aliphatic heterocycles. The highest BCUT2D eigenvalue weighted by atomic mass is 16.4. The van der Waals surface area contributed by atoms with Crippen molar-refractivity contribution >= 4 is 5.97 Å². The van der Waals surface area contributed by atoms with Gasteiger partial charge in [0.2, 0.25) is 0 Å². The summed E-state index contributed by atoms with van der Waals surface area (Å²) in [7, 11) is 0. The third-order valence-electron chi connectivity index (χ3n) is 4.22. The van der Waals surface area contributed by atoms with Crippen LogP contribution in [-0.2, 0) is 6.54 Å². The Morgan fingerprint density at radius 3 is 2.36 bits per heavy atom. The van der Waals surface area contributed by atoms with Crippen LogP contribution in [0.1, 0.15) is 43.1 Å². The fourth-order valence-electron chi connectivity index (χ4n) is 2.73. The van der Waals surface area contributed by atoms with Gasteiger partial charge in [-0.1, -0.05) is 32.9 Å². The standard InChI is InChI=1S/C18H28N2O2/c1-18(2,3)7-8-19-9-11-20(12-10-19)14-15-5-4-6-16(13-15)17(21)22/h4-6,13H,7-12,14H2,1-3H3,(H,21,22).